The van der Waals surface area contributed by atoms with Crippen molar-refractivity contribution in [3.8, 4) is 5.75 Å². The van der Waals surface area contributed by atoms with Crippen LogP contribution in [-0.4, -0.2) is 6.61 Å². The fourth-order valence-electron chi connectivity index (χ4n) is 1.87. The van der Waals surface area contributed by atoms with Gasteiger partial charge in [0.15, 0.2) is 11.6 Å². The minimum atomic E-state index is -3.07. The van der Waals surface area contributed by atoms with E-state index in [0.717, 1.165) is 17.7 Å². The van der Waals surface area contributed by atoms with Crippen LogP contribution in [0.4, 0.5) is 23.2 Å². The first kappa shape index (κ1) is 15.2. The van der Waals surface area contributed by atoms with Crippen LogP contribution in [-0.2, 0) is 0 Å². The number of halogens is 4. The van der Waals surface area contributed by atoms with Crippen molar-refractivity contribution in [2.75, 3.05) is 5.32 Å². The van der Waals surface area contributed by atoms with Gasteiger partial charge in [0.1, 0.15) is 5.82 Å². The zero-order valence-electron chi connectivity index (χ0n) is 11.1. The molecular weight excluding hydrogens is 286 g/mol. The molecule has 2 nitrogen and oxygen atoms in total. The molecule has 112 valence electrons. The molecule has 1 unspecified atom stereocenters. The molecule has 0 bridgehead atoms. The molecule has 2 aromatic carbocycles. The average Bonchev–Trinajstić information content (AvgIpc) is 2.42. The van der Waals surface area contributed by atoms with Gasteiger partial charge < -0.3 is 10.1 Å². The predicted octanol–water partition coefficient (Wildman–Crippen LogP) is 4.74. The summed E-state index contributed by atoms with van der Waals surface area (Å²) in [5.41, 5.74) is 1.22. The molecule has 0 spiro atoms. The van der Waals surface area contributed by atoms with Crippen LogP contribution >= 0.6 is 0 Å². The average molecular weight is 299 g/mol. The lowest BCUT2D eigenvalue weighted by atomic mass is 10.1. The summed E-state index contributed by atoms with van der Waals surface area (Å²) in [5, 5.41) is 2.99. The number of nitrogens with one attached hydrogen (secondary N) is 1. The van der Waals surface area contributed by atoms with E-state index in [-0.39, 0.29) is 11.9 Å². The number of hydrogen-bond donors (Lipinski definition) is 1. The lowest BCUT2D eigenvalue weighted by Crippen LogP contribution is -2.08. The van der Waals surface area contributed by atoms with Gasteiger partial charge in [0, 0.05) is 17.8 Å². The molecule has 0 amide bonds. The third-order valence-corrected chi connectivity index (χ3v) is 2.90. The van der Waals surface area contributed by atoms with E-state index in [1.165, 1.54) is 18.2 Å². The first-order valence-electron chi connectivity index (χ1n) is 6.22. The molecule has 2 rings (SSSR count). The van der Waals surface area contributed by atoms with E-state index >= 15 is 0 Å². The van der Waals surface area contributed by atoms with Crippen molar-refractivity contribution >= 4 is 5.69 Å². The maximum atomic E-state index is 13.6. The first-order valence-corrected chi connectivity index (χ1v) is 6.22. The smallest absolute Gasteiger partial charge is 0.387 e. The zero-order chi connectivity index (χ0) is 15.4. The Morgan fingerprint density at radius 3 is 2.24 bits per heavy atom. The number of hydrogen-bond acceptors (Lipinski definition) is 2. The number of alkyl halides is 2. The van der Waals surface area contributed by atoms with Crippen LogP contribution in [0.3, 0.4) is 0 Å². The van der Waals surface area contributed by atoms with Crippen molar-refractivity contribution in [3.63, 3.8) is 0 Å². The molecule has 1 atom stereocenters. The molecule has 1 N–H and O–H groups in total. The Kier molecular flexibility index (Phi) is 4.67. The fraction of sp³-hybridized carbons (Fsp3) is 0.200. The summed E-state index contributed by atoms with van der Waals surface area (Å²) in [6, 6.07) is 9.29. The number of ether oxygens (including phenoxy) is 1. The van der Waals surface area contributed by atoms with E-state index in [4.69, 9.17) is 0 Å². The highest BCUT2D eigenvalue weighted by Gasteiger charge is 2.12. The Morgan fingerprint density at radius 1 is 1.00 bits per heavy atom. The van der Waals surface area contributed by atoms with Gasteiger partial charge >= 0.3 is 6.61 Å². The number of anilines is 1. The van der Waals surface area contributed by atoms with Crippen LogP contribution in [0.1, 0.15) is 18.5 Å². The van der Waals surface area contributed by atoms with Crippen molar-refractivity contribution in [2.24, 2.45) is 0 Å². The van der Waals surface area contributed by atoms with Gasteiger partial charge in [0.05, 0.1) is 0 Å². The molecule has 6 heteroatoms. The molecule has 0 aliphatic heterocycles. The van der Waals surface area contributed by atoms with Crippen molar-refractivity contribution in [3.05, 3.63) is 59.7 Å². The lowest BCUT2D eigenvalue weighted by molar-refractivity contribution is -0.0521. The molecule has 0 heterocycles. The molecule has 21 heavy (non-hydrogen) atoms. The Bertz CT molecular complexity index is 601. The maximum absolute atomic E-state index is 13.6. The zero-order valence-corrected chi connectivity index (χ0v) is 11.1. The molecule has 0 saturated heterocycles. The minimum absolute atomic E-state index is 0.202. The summed E-state index contributed by atoms with van der Waals surface area (Å²) < 4.78 is 54.5. The lowest BCUT2D eigenvalue weighted by Gasteiger charge is -2.16. The normalized spacial score (nSPS) is 12.3. The van der Waals surface area contributed by atoms with E-state index in [0.29, 0.717) is 5.69 Å². The SMILES string of the molecule is CC(Nc1ccc(OC(F)F)c(F)c1)c1ccc(F)cc1. The van der Waals surface area contributed by atoms with E-state index in [1.54, 1.807) is 12.1 Å². The second-order valence-corrected chi connectivity index (χ2v) is 4.44. The van der Waals surface area contributed by atoms with Crippen LogP contribution in [0.5, 0.6) is 5.75 Å². The predicted molar refractivity (Wildman–Crippen MR) is 71.5 cm³/mol. The van der Waals surface area contributed by atoms with Crippen LogP contribution < -0.4 is 10.1 Å². The number of benzene rings is 2. The maximum Gasteiger partial charge on any atom is 0.387 e. The second-order valence-electron chi connectivity index (χ2n) is 4.44. The van der Waals surface area contributed by atoms with Crippen molar-refractivity contribution < 1.29 is 22.3 Å². The van der Waals surface area contributed by atoms with Gasteiger partial charge in [-0.15, -0.1) is 0 Å². The summed E-state index contributed by atoms with van der Waals surface area (Å²) in [4.78, 5) is 0. The van der Waals surface area contributed by atoms with Crippen molar-refractivity contribution in [2.45, 2.75) is 19.6 Å². The Labute approximate surface area is 119 Å². The van der Waals surface area contributed by atoms with Crippen molar-refractivity contribution in [1.82, 2.24) is 0 Å². The molecule has 0 aliphatic rings. The highest BCUT2D eigenvalue weighted by atomic mass is 19.3. The summed E-state index contributed by atoms with van der Waals surface area (Å²) in [6.07, 6.45) is 0. The second kappa shape index (κ2) is 6.47. The number of rotatable bonds is 5. The standard InChI is InChI=1S/C15H13F4NO/c1-9(10-2-4-11(16)5-3-10)20-12-6-7-14(13(17)8-12)21-15(18)19/h2-9,15,20H,1H3. The van der Waals surface area contributed by atoms with Crippen molar-refractivity contribution in [1.29, 1.82) is 0 Å². The van der Waals surface area contributed by atoms with E-state index in [2.05, 4.69) is 10.1 Å². The van der Waals surface area contributed by atoms with E-state index in [9.17, 15) is 17.6 Å². The van der Waals surface area contributed by atoms with Gasteiger partial charge in [0.2, 0.25) is 0 Å². The van der Waals surface area contributed by atoms with Gasteiger partial charge in [-0.05, 0) is 36.8 Å². The molecule has 0 aliphatic carbocycles. The molecule has 0 fully saturated rings. The highest BCUT2D eigenvalue weighted by Crippen LogP contribution is 2.25. The van der Waals surface area contributed by atoms with E-state index < -0.39 is 18.2 Å². The quantitative estimate of drug-likeness (QED) is 0.805. The first-order chi connectivity index (χ1) is 9.95. The summed E-state index contributed by atoms with van der Waals surface area (Å²) in [6.45, 7) is -1.26. The molecule has 0 radical (unpaired) electrons. The summed E-state index contributed by atoms with van der Waals surface area (Å²) in [5.74, 6) is -1.73. The van der Waals surface area contributed by atoms with Gasteiger partial charge in [-0.25, -0.2) is 8.78 Å². The molecular formula is C15H13F4NO. The Balaban J connectivity index is 2.09. The van der Waals surface area contributed by atoms with Gasteiger partial charge in [-0.3, -0.25) is 0 Å². The van der Waals surface area contributed by atoms with Gasteiger partial charge in [-0.2, -0.15) is 8.78 Å². The molecule has 0 saturated carbocycles. The minimum Gasteiger partial charge on any atom is -0.432 e. The van der Waals surface area contributed by atoms with Crippen LogP contribution in [0.2, 0.25) is 0 Å². The summed E-state index contributed by atoms with van der Waals surface area (Å²) in [7, 11) is 0. The van der Waals surface area contributed by atoms with E-state index in [1.807, 2.05) is 6.92 Å². The molecule has 2 aromatic rings. The molecule has 0 aromatic heterocycles. The topological polar surface area (TPSA) is 21.3 Å². The largest absolute Gasteiger partial charge is 0.432 e. The van der Waals surface area contributed by atoms with Gasteiger partial charge in [-0.1, -0.05) is 12.1 Å². The Hall–Kier alpha value is -2.24. The van der Waals surface area contributed by atoms with Crippen LogP contribution in [0.25, 0.3) is 0 Å². The van der Waals surface area contributed by atoms with Gasteiger partial charge in [0.25, 0.3) is 0 Å². The highest BCUT2D eigenvalue weighted by molar-refractivity contribution is 5.49. The third kappa shape index (κ3) is 4.11. The fourth-order valence-corrected chi connectivity index (χ4v) is 1.87. The Morgan fingerprint density at radius 2 is 1.67 bits per heavy atom. The summed E-state index contributed by atoms with van der Waals surface area (Å²) >= 11 is 0. The monoisotopic (exact) mass is 299 g/mol. The van der Waals surface area contributed by atoms with Crippen LogP contribution in [0, 0.1) is 11.6 Å². The van der Waals surface area contributed by atoms with Crippen LogP contribution in [0.15, 0.2) is 42.5 Å². The third-order valence-electron chi connectivity index (χ3n) is 2.90.